The maximum atomic E-state index is 11.6. The summed E-state index contributed by atoms with van der Waals surface area (Å²) < 4.78 is 0. The first-order valence-electron chi connectivity index (χ1n) is 6.13. The highest BCUT2D eigenvalue weighted by Crippen LogP contribution is 2.15. The molecule has 0 bridgehead atoms. The lowest BCUT2D eigenvalue weighted by Gasteiger charge is -2.07. The number of pyridine rings is 1. The van der Waals surface area contributed by atoms with E-state index in [1.807, 2.05) is 0 Å². The Labute approximate surface area is 120 Å². The summed E-state index contributed by atoms with van der Waals surface area (Å²) in [6, 6.07) is 10.1. The lowest BCUT2D eigenvalue weighted by molar-refractivity contribution is -0.135. The maximum Gasteiger partial charge on any atom is 0.322 e. The number of nitrogens with two attached hydrogens (primary N) is 1. The number of rotatable bonds is 5. The fourth-order valence-corrected chi connectivity index (χ4v) is 1.59. The highest BCUT2D eigenvalue weighted by molar-refractivity contribution is 5.96. The van der Waals surface area contributed by atoms with Crippen LogP contribution in [0.5, 0.6) is 0 Å². The Kier molecular flexibility index (Phi) is 4.35. The second-order valence-corrected chi connectivity index (χ2v) is 4.26. The number of carbonyl (C=O) groups excluding carboxylic acids is 1. The number of carbonyl (C=O) groups is 2. The van der Waals surface area contributed by atoms with Crippen LogP contribution >= 0.6 is 0 Å². The Bertz CT molecular complexity index is 638. The van der Waals surface area contributed by atoms with Gasteiger partial charge in [0.25, 0.3) is 5.91 Å². The van der Waals surface area contributed by atoms with E-state index in [-0.39, 0.29) is 0 Å². The van der Waals surface area contributed by atoms with Crippen LogP contribution in [-0.2, 0) is 4.79 Å². The Morgan fingerprint density at radius 1 is 1.14 bits per heavy atom. The highest BCUT2D eigenvalue weighted by Gasteiger charge is 2.06. The summed E-state index contributed by atoms with van der Waals surface area (Å²) >= 11 is 0. The highest BCUT2D eigenvalue weighted by atomic mass is 16.4. The fourth-order valence-electron chi connectivity index (χ4n) is 1.59. The third kappa shape index (κ3) is 4.20. The van der Waals surface area contributed by atoms with Crippen molar-refractivity contribution in [1.29, 1.82) is 0 Å². The van der Waals surface area contributed by atoms with Crippen molar-refractivity contribution in [2.45, 2.75) is 0 Å². The lowest BCUT2D eigenvalue weighted by atomic mass is 10.2. The van der Waals surface area contributed by atoms with Gasteiger partial charge in [-0.25, -0.2) is 4.98 Å². The summed E-state index contributed by atoms with van der Waals surface area (Å²) in [6.07, 6.45) is 1.54. The number of anilines is 3. The van der Waals surface area contributed by atoms with E-state index < -0.39 is 18.4 Å². The molecule has 21 heavy (non-hydrogen) atoms. The van der Waals surface area contributed by atoms with Crippen LogP contribution in [-0.4, -0.2) is 28.5 Å². The van der Waals surface area contributed by atoms with Gasteiger partial charge in [0.2, 0.25) is 0 Å². The van der Waals surface area contributed by atoms with Crippen LogP contribution in [0.25, 0.3) is 0 Å². The quantitative estimate of drug-likeness (QED) is 0.656. The smallest absolute Gasteiger partial charge is 0.322 e. The number of aromatic nitrogens is 1. The molecular formula is C14H14N4O3. The second kappa shape index (κ2) is 6.38. The van der Waals surface area contributed by atoms with Gasteiger partial charge in [0.15, 0.2) is 0 Å². The lowest BCUT2D eigenvalue weighted by Crippen LogP contribution is -2.29. The first kappa shape index (κ1) is 14.3. The van der Waals surface area contributed by atoms with Crippen LogP contribution in [0.3, 0.4) is 0 Å². The van der Waals surface area contributed by atoms with E-state index in [0.717, 1.165) is 5.69 Å². The summed E-state index contributed by atoms with van der Waals surface area (Å²) in [4.78, 5) is 26.1. The van der Waals surface area contributed by atoms with Crippen LogP contribution in [0.2, 0.25) is 0 Å². The average molecular weight is 286 g/mol. The van der Waals surface area contributed by atoms with Crippen molar-refractivity contribution in [2.75, 3.05) is 17.6 Å². The van der Waals surface area contributed by atoms with Crippen molar-refractivity contribution >= 4 is 29.1 Å². The van der Waals surface area contributed by atoms with Gasteiger partial charge in [0.05, 0.1) is 11.9 Å². The Balaban J connectivity index is 2.00. The molecule has 1 aromatic heterocycles. The second-order valence-electron chi connectivity index (χ2n) is 4.26. The van der Waals surface area contributed by atoms with E-state index in [0.29, 0.717) is 17.1 Å². The van der Waals surface area contributed by atoms with Crippen molar-refractivity contribution in [2.24, 2.45) is 0 Å². The van der Waals surface area contributed by atoms with Crippen molar-refractivity contribution in [3.63, 3.8) is 0 Å². The molecule has 1 heterocycles. The minimum Gasteiger partial charge on any atom is -0.480 e. The zero-order valence-electron chi connectivity index (χ0n) is 11.0. The summed E-state index contributed by atoms with van der Waals surface area (Å²) in [6.45, 7) is -0.409. The molecule has 7 nitrogen and oxygen atoms in total. The zero-order valence-corrected chi connectivity index (χ0v) is 11.0. The SMILES string of the molecule is Nc1ccc(Nc2ccc(C(=O)NCC(=O)O)cc2)nc1. The number of nitrogens with zero attached hydrogens (tertiary/aromatic N) is 1. The number of amides is 1. The Morgan fingerprint density at radius 2 is 1.86 bits per heavy atom. The zero-order chi connectivity index (χ0) is 15.2. The van der Waals surface area contributed by atoms with Crippen LogP contribution in [0.4, 0.5) is 17.2 Å². The molecule has 2 aromatic rings. The molecule has 0 saturated carbocycles. The van der Waals surface area contributed by atoms with Gasteiger partial charge in [-0.05, 0) is 36.4 Å². The van der Waals surface area contributed by atoms with Crippen LogP contribution in [0.1, 0.15) is 10.4 Å². The van der Waals surface area contributed by atoms with E-state index in [2.05, 4.69) is 15.6 Å². The predicted molar refractivity (Wildman–Crippen MR) is 78.3 cm³/mol. The molecular weight excluding hydrogens is 272 g/mol. The van der Waals surface area contributed by atoms with Crippen molar-refractivity contribution in [3.8, 4) is 0 Å². The molecule has 2 rings (SSSR count). The molecule has 0 radical (unpaired) electrons. The van der Waals surface area contributed by atoms with Crippen molar-refractivity contribution in [1.82, 2.24) is 10.3 Å². The summed E-state index contributed by atoms with van der Waals surface area (Å²) in [5.74, 6) is -0.891. The topological polar surface area (TPSA) is 117 Å². The molecule has 0 aliphatic heterocycles. The van der Waals surface area contributed by atoms with Crippen LogP contribution in [0.15, 0.2) is 42.6 Å². The predicted octanol–water partition coefficient (Wildman–Crippen LogP) is 1.22. The van der Waals surface area contributed by atoms with Crippen molar-refractivity contribution in [3.05, 3.63) is 48.2 Å². The molecule has 0 spiro atoms. The van der Waals surface area contributed by atoms with Gasteiger partial charge < -0.3 is 21.5 Å². The summed E-state index contributed by atoms with van der Waals surface area (Å²) in [7, 11) is 0. The van der Waals surface area contributed by atoms with Gasteiger partial charge in [-0.15, -0.1) is 0 Å². The molecule has 0 saturated heterocycles. The standard InChI is InChI=1S/C14H14N4O3/c15-10-3-6-12(16-7-10)18-11-4-1-9(2-5-11)14(21)17-8-13(19)20/h1-7H,8,15H2,(H,16,18)(H,17,21)(H,19,20). The number of nitrogens with one attached hydrogen (secondary N) is 2. The molecule has 7 heteroatoms. The number of carboxylic acids is 1. The molecule has 0 aliphatic carbocycles. The summed E-state index contributed by atoms with van der Waals surface area (Å²) in [5.41, 5.74) is 7.25. The minimum absolute atomic E-state index is 0.382. The monoisotopic (exact) mass is 286 g/mol. The number of nitrogen functional groups attached to an aromatic ring is 1. The molecule has 0 atom stereocenters. The van der Waals surface area contributed by atoms with E-state index in [1.165, 1.54) is 6.20 Å². The van der Waals surface area contributed by atoms with Crippen LogP contribution in [0, 0.1) is 0 Å². The third-order valence-electron chi connectivity index (χ3n) is 2.61. The largest absolute Gasteiger partial charge is 0.480 e. The fraction of sp³-hybridized carbons (Fsp3) is 0.0714. The molecule has 108 valence electrons. The molecule has 0 fully saturated rings. The van der Waals surface area contributed by atoms with E-state index >= 15 is 0 Å². The normalized spacial score (nSPS) is 9.90. The van der Waals surface area contributed by atoms with Gasteiger partial charge in [-0.3, -0.25) is 9.59 Å². The first-order chi connectivity index (χ1) is 10.0. The Hall–Kier alpha value is -3.09. The number of benzene rings is 1. The van der Waals surface area contributed by atoms with Gasteiger partial charge in [0, 0.05) is 11.3 Å². The molecule has 0 aliphatic rings. The number of carboxylic acid groups (broad SMARTS) is 1. The number of hydrogen-bond donors (Lipinski definition) is 4. The average Bonchev–Trinajstić information content (AvgIpc) is 2.48. The molecule has 5 N–H and O–H groups in total. The first-order valence-corrected chi connectivity index (χ1v) is 6.13. The van der Waals surface area contributed by atoms with Crippen molar-refractivity contribution < 1.29 is 14.7 Å². The molecule has 0 unspecified atom stereocenters. The number of hydrogen-bond acceptors (Lipinski definition) is 5. The number of aliphatic carboxylic acids is 1. The van der Waals surface area contributed by atoms with Gasteiger partial charge in [0.1, 0.15) is 12.4 Å². The summed E-state index contributed by atoms with van der Waals surface area (Å²) in [5, 5.41) is 13.8. The van der Waals surface area contributed by atoms with Gasteiger partial charge in [-0.2, -0.15) is 0 Å². The molecule has 1 amide bonds. The third-order valence-corrected chi connectivity index (χ3v) is 2.61. The van der Waals surface area contributed by atoms with Crippen LogP contribution < -0.4 is 16.4 Å². The van der Waals surface area contributed by atoms with E-state index in [4.69, 9.17) is 10.8 Å². The molecule has 1 aromatic carbocycles. The minimum atomic E-state index is -1.09. The van der Waals surface area contributed by atoms with Gasteiger partial charge in [-0.1, -0.05) is 0 Å². The van der Waals surface area contributed by atoms with E-state index in [1.54, 1.807) is 36.4 Å². The van der Waals surface area contributed by atoms with E-state index in [9.17, 15) is 9.59 Å². The van der Waals surface area contributed by atoms with Gasteiger partial charge >= 0.3 is 5.97 Å². The Morgan fingerprint density at radius 3 is 2.43 bits per heavy atom. The maximum absolute atomic E-state index is 11.6.